The maximum absolute atomic E-state index is 13.8. The number of rotatable bonds is 3. The Labute approximate surface area is 120 Å². The molecule has 0 N–H and O–H groups in total. The molecule has 0 saturated heterocycles. The van der Waals surface area contributed by atoms with Gasteiger partial charge in [-0.25, -0.2) is 4.39 Å². The van der Waals surface area contributed by atoms with Crippen molar-refractivity contribution in [2.45, 2.75) is 18.2 Å². The molecule has 0 spiro atoms. The zero-order chi connectivity index (χ0) is 13.1. The molecule has 0 heterocycles. The maximum Gasteiger partial charge on any atom is 0.127 e. The van der Waals surface area contributed by atoms with Gasteiger partial charge in [-0.05, 0) is 31.0 Å². The molecular weight excluding hydrogens is 315 g/mol. The quantitative estimate of drug-likeness (QED) is 0.656. The van der Waals surface area contributed by atoms with E-state index < -0.39 is 0 Å². The Balaban J connectivity index is 2.25. The zero-order valence-electron chi connectivity index (χ0n) is 9.96. The van der Waals surface area contributed by atoms with Gasteiger partial charge in [0.05, 0.1) is 0 Å². The van der Waals surface area contributed by atoms with Crippen LogP contribution in [0.3, 0.4) is 0 Å². The highest BCUT2D eigenvalue weighted by molar-refractivity contribution is 9.09. The highest BCUT2D eigenvalue weighted by Gasteiger charge is 2.14. The van der Waals surface area contributed by atoms with Gasteiger partial charge in [0, 0.05) is 15.4 Å². The van der Waals surface area contributed by atoms with Gasteiger partial charge in [-0.1, -0.05) is 63.4 Å². The number of halogens is 3. The first-order valence-corrected chi connectivity index (χ1v) is 7.01. The number of hydrogen-bond donors (Lipinski definition) is 0. The smallest absolute Gasteiger partial charge is 0.127 e. The molecule has 0 aliphatic rings. The fourth-order valence-electron chi connectivity index (χ4n) is 1.87. The first-order chi connectivity index (χ1) is 8.58. The molecule has 0 aliphatic carbocycles. The summed E-state index contributed by atoms with van der Waals surface area (Å²) in [6.07, 6.45) is 0.667. The molecule has 1 unspecified atom stereocenters. The van der Waals surface area contributed by atoms with E-state index in [1.54, 1.807) is 6.07 Å². The Morgan fingerprint density at radius 2 is 1.94 bits per heavy atom. The van der Waals surface area contributed by atoms with Crippen LogP contribution in [0.5, 0.6) is 0 Å². The van der Waals surface area contributed by atoms with Crippen molar-refractivity contribution in [3.63, 3.8) is 0 Å². The molecule has 18 heavy (non-hydrogen) atoms. The van der Waals surface area contributed by atoms with Crippen LogP contribution in [0.4, 0.5) is 4.39 Å². The summed E-state index contributed by atoms with van der Waals surface area (Å²) in [4.78, 5) is -0.0719. The van der Waals surface area contributed by atoms with Crippen LogP contribution in [0, 0.1) is 12.7 Å². The molecule has 0 radical (unpaired) electrons. The maximum atomic E-state index is 13.8. The van der Waals surface area contributed by atoms with Crippen LogP contribution in [0.25, 0.3) is 0 Å². The summed E-state index contributed by atoms with van der Waals surface area (Å²) in [6.45, 7) is 1.96. The molecule has 2 rings (SSSR count). The van der Waals surface area contributed by atoms with E-state index in [0.29, 0.717) is 12.0 Å². The Morgan fingerprint density at radius 1 is 1.22 bits per heavy atom. The van der Waals surface area contributed by atoms with Crippen molar-refractivity contribution in [2.75, 3.05) is 0 Å². The number of benzene rings is 2. The molecule has 0 bridgehead atoms. The van der Waals surface area contributed by atoms with Crippen molar-refractivity contribution in [2.24, 2.45) is 0 Å². The van der Waals surface area contributed by atoms with Crippen LogP contribution in [0.2, 0.25) is 5.02 Å². The summed E-state index contributed by atoms with van der Waals surface area (Å²) in [5.74, 6) is -0.186. The predicted octanol–water partition coefficient (Wildman–Crippen LogP) is 5.47. The highest BCUT2D eigenvalue weighted by atomic mass is 79.9. The van der Waals surface area contributed by atoms with Crippen molar-refractivity contribution in [1.29, 1.82) is 0 Å². The lowest BCUT2D eigenvalue weighted by Crippen LogP contribution is -1.99. The lowest BCUT2D eigenvalue weighted by Gasteiger charge is -2.13. The second kappa shape index (κ2) is 5.85. The van der Waals surface area contributed by atoms with Gasteiger partial charge in [0.15, 0.2) is 0 Å². The molecular formula is C15H13BrClF. The minimum Gasteiger partial charge on any atom is -0.207 e. The highest BCUT2D eigenvalue weighted by Crippen LogP contribution is 2.31. The van der Waals surface area contributed by atoms with Crippen LogP contribution in [0.1, 0.15) is 21.5 Å². The van der Waals surface area contributed by atoms with Crippen LogP contribution >= 0.6 is 27.5 Å². The average Bonchev–Trinajstić information content (AvgIpc) is 2.35. The summed E-state index contributed by atoms with van der Waals surface area (Å²) in [5.41, 5.74) is 2.74. The molecule has 0 aliphatic heterocycles. The van der Waals surface area contributed by atoms with Crippen molar-refractivity contribution in [3.8, 4) is 0 Å². The Bertz CT molecular complexity index is 554. The molecule has 3 heteroatoms. The first-order valence-electron chi connectivity index (χ1n) is 5.71. The van der Waals surface area contributed by atoms with Gasteiger partial charge in [-0.2, -0.15) is 0 Å². The van der Waals surface area contributed by atoms with E-state index in [0.717, 1.165) is 16.1 Å². The first kappa shape index (κ1) is 13.6. The topological polar surface area (TPSA) is 0 Å². The molecule has 0 nitrogen and oxygen atoms in total. The van der Waals surface area contributed by atoms with E-state index in [1.165, 1.54) is 6.07 Å². The van der Waals surface area contributed by atoms with Gasteiger partial charge >= 0.3 is 0 Å². The molecule has 0 saturated carbocycles. The standard InChI is InChI=1S/C15H13BrClF/c1-10-6-7-15(18)12(8-10)13(16)9-11-4-2-3-5-14(11)17/h2-8,13H,9H2,1H3. The second-order valence-corrected chi connectivity index (χ2v) is 5.80. The lowest BCUT2D eigenvalue weighted by molar-refractivity contribution is 0.607. The van der Waals surface area contributed by atoms with Crippen LogP contribution < -0.4 is 0 Å². The fourth-order valence-corrected chi connectivity index (χ4v) is 2.78. The van der Waals surface area contributed by atoms with Crippen molar-refractivity contribution in [3.05, 3.63) is 70.0 Å². The SMILES string of the molecule is Cc1ccc(F)c(C(Br)Cc2ccccc2Cl)c1. The van der Waals surface area contributed by atoms with Gasteiger partial charge in [0.2, 0.25) is 0 Å². The molecule has 0 aromatic heterocycles. The summed E-state index contributed by atoms with van der Waals surface area (Å²) >= 11 is 9.66. The monoisotopic (exact) mass is 326 g/mol. The van der Waals surface area contributed by atoms with Crippen molar-refractivity contribution in [1.82, 2.24) is 0 Å². The summed E-state index contributed by atoms with van der Waals surface area (Å²) in [7, 11) is 0. The van der Waals surface area contributed by atoms with Gasteiger partial charge in [-0.15, -0.1) is 0 Å². The number of hydrogen-bond acceptors (Lipinski definition) is 0. The number of aryl methyl sites for hydroxylation is 1. The van der Waals surface area contributed by atoms with E-state index in [1.807, 2.05) is 37.3 Å². The van der Waals surface area contributed by atoms with Gasteiger partial charge in [-0.3, -0.25) is 0 Å². The summed E-state index contributed by atoms with van der Waals surface area (Å²) in [6, 6.07) is 12.8. The largest absolute Gasteiger partial charge is 0.207 e. The minimum atomic E-state index is -0.186. The molecule has 1 atom stereocenters. The minimum absolute atomic E-state index is 0.0719. The Morgan fingerprint density at radius 3 is 2.67 bits per heavy atom. The van der Waals surface area contributed by atoms with Crippen LogP contribution in [-0.2, 0) is 6.42 Å². The Kier molecular flexibility index (Phi) is 4.41. The second-order valence-electron chi connectivity index (χ2n) is 4.29. The molecule has 94 valence electrons. The third-order valence-electron chi connectivity index (χ3n) is 2.85. The third kappa shape index (κ3) is 3.12. The summed E-state index contributed by atoms with van der Waals surface area (Å²) in [5, 5.41) is 0.718. The summed E-state index contributed by atoms with van der Waals surface area (Å²) < 4.78 is 13.8. The van der Waals surface area contributed by atoms with E-state index in [4.69, 9.17) is 11.6 Å². The average molecular weight is 328 g/mol. The lowest BCUT2D eigenvalue weighted by atomic mass is 10.0. The Hall–Kier alpha value is -0.860. The molecule has 2 aromatic carbocycles. The van der Waals surface area contributed by atoms with E-state index in [2.05, 4.69) is 15.9 Å². The van der Waals surface area contributed by atoms with E-state index in [9.17, 15) is 4.39 Å². The third-order valence-corrected chi connectivity index (χ3v) is 4.03. The van der Waals surface area contributed by atoms with Crippen LogP contribution in [-0.4, -0.2) is 0 Å². The van der Waals surface area contributed by atoms with Gasteiger partial charge in [0.1, 0.15) is 5.82 Å². The zero-order valence-corrected chi connectivity index (χ0v) is 12.3. The van der Waals surface area contributed by atoms with Gasteiger partial charge in [0.25, 0.3) is 0 Å². The van der Waals surface area contributed by atoms with Gasteiger partial charge < -0.3 is 0 Å². The van der Waals surface area contributed by atoms with Crippen molar-refractivity contribution >= 4 is 27.5 Å². The number of alkyl halides is 1. The van der Waals surface area contributed by atoms with E-state index in [-0.39, 0.29) is 10.6 Å². The predicted molar refractivity (Wildman–Crippen MR) is 78.0 cm³/mol. The molecule has 0 fully saturated rings. The van der Waals surface area contributed by atoms with Crippen molar-refractivity contribution < 1.29 is 4.39 Å². The van der Waals surface area contributed by atoms with E-state index >= 15 is 0 Å². The molecule has 2 aromatic rings. The fraction of sp³-hybridized carbons (Fsp3) is 0.200. The van der Waals surface area contributed by atoms with Crippen LogP contribution in [0.15, 0.2) is 42.5 Å². The molecule has 0 amide bonds. The normalized spacial score (nSPS) is 12.4.